The second-order valence-electron chi connectivity index (χ2n) is 10.5. The van der Waals surface area contributed by atoms with Gasteiger partial charge in [0.05, 0.1) is 25.2 Å². The minimum absolute atomic E-state index is 0.0575. The Kier molecular flexibility index (Phi) is 18.2. The fraction of sp³-hybridized carbons (Fsp3) is 0.656. The Morgan fingerprint density at radius 2 is 1.45 bits per heavy atom. The van der Waals surface area contributed by atoms with E-state index in [0.29, 0.717) is 30.9 Å². The molecule has 0 aromatic heterocycles. The lowest BCUT2D eigenvalue weighted by Gasteiger charge is -2.20. The molecule has 0 aromatic carbocycles. The second kappa shape index (κ2) is 21.4. The van der Waals surface area contributed by atoms with E-state index < -0.39 is 0 Å². The van der Waals surface area contributed by atoms with E-state index >= 15 is 0 Å². The van der Waals surface area contributed by atoms with Gasteiger partial charge >= 0.3 is 6.03 Å². The monoisotopic (exact) mass is 573 g/mol. The molecular formula is C32H51N3O4S. The molecule has 0 spiro atoms. The highest BCUT2D eigenvalue weighted by molar-refractivity contribution is 8.00. The number of nitrogens with one attached hydrogen (secondary N) is 2. The van der Waals surface area contributed by atoms with Gasteiger partial charge in [0.2, 0.25) is 11.8 Å². The summed E-state index contributed by atoms with van der Waals surface area (Å²) in [5, 5.41) is 15.7. The Morgan fingerprint density at radius 3 is 2.08 bits per heavy atom. The van der Waals surface area contributed by atoms with Crippen LogP contribution in [-0.4, -0.2) is 64.1 Å². The number of allylic oxidation sites excluding steroid dienone is 8. The Morgan fingerprint density at radius 1 is 0.850 bits per heavy atom. The van der Waals surface area contributed by atoms with Gasteiger partial charge in [-0.15, -0.1) is 0 Å². The van der Waals surface area contributed by atoms with Gasteiger partial charge in [0, 0.05) is 23.8 Å². The quantitative estimate of drug-likeness (QED) is 0.0862. The Hall–Kier alpha value is -2.32. The maximum atomic E-state index is 12.7. The number of aliphatic hydroxyl groups excluding tert-OH is 1. The molecule has 2 fully saturated rings. The van der Waals surface area contributed by atoms with Gasteiger partial charge in [0.15, 0.2) is 0 Å². The molecule has 0 bridgehead atoms. The standard InChI is InChI=1S/C32H51N3O4S/c1-2-3-4-5-6-7-8-9-10-11-12-13-14-15-16-17-18-22-29(37)35(24-25-36)30(38)23-20-19-21-28-31-27(26-40-28)33-32(39)34-31/h6-7,9-10,12-13,15-16,27-28,31,36H,2-5,8,11,14,17-26H2,1H3,(H2,33,34,39)/t27-,28-,31-/m0/s1. The average molecular weight is 574 g/mol. The number of amides is 4. The normalized spacial score (nSPS) is 20.6. The summed E-state index contributed by atoms with van der Waals surface area (Å²) in [6, 6.07) is 0.291. The number of carbonyl (C=O) groups is 3. The van der Waals surface area contributed by atoms with Crippen molar-refractivity contribution in [3.8, 4) is 0 Å². The molecule has 3 N–H and O–H groups in total. The zero-order valence-corrected chi connectivity index (χ0v) is 25.2. The molecule has 0 aliphatic carbocycles. The fourth-order valence-corrected chi connectivity index (χ4v) is 6.50. The lowest BCUT2D eigenvalue weighted by Crippen LogP contribution is -2.39. The number of hydrogen-bond acceptors (Lipinski definition) is 5. The molecule has 224 valence electrons. The summed E-state index contributed by atoms with van der Waals surface area (Å²) in [6.07, 6.45) is 29.9. The van der Waals surface area contributed by atoms with E-state index in [0.717, 1.165) is 44.3 Å². The highest BCUT2D eigenvalue weighted by Gasteiger charge is 2.42. The van der Waals surface area contributed by atoms with E-state index in [9.17, 15) is 19.5 Å². The van der Waals surface area contributed by atoms with Gasteiger partial charge in [-0.2, -0.15) is 11.8 Å². The predicted octanol–water partition coefficient (Wildman–Crippen LogP) is 6.21. The van der Waals surface area contributed by atoms with Crippen molar-refractivity contribution in [3.05, 3.63) is 48.6 Å². The number of imide groups is 1. The first kappa shape index (κ1) is 33.9. The van der Waals surface area contributed by atoms with Crippen molar-refractivity contribution in [3.63, 3.8) is 0 Å². The molecule has 2 heterocycles. The van der Waals surface area contributed by atoms with Crippen LogP contribution in [0.25, 0.3) is 0 Å². The van der Waals surface area contributed by atoms with Crippen molar-refractivity contribution < 1.29 is 19.5 Å². The number of aliphatic hydroxyl groups is 1. The summed E-state index contributed by atoms with van der Waals surface area (Å²) in [6.45, 7) is 2.07. The summed E-state index contributed by atoms with van der Waals surface area (Å²) < 4.78 is 0. The molecule has 2 saturated heterocycles. The lowest BCUT2D eigenvalue weighted by atomic mass is 10.0. The number of nitrogens with zero attached hydrogens (tertiary/aromatic N) is 1. The van der Waals surface area contributed by atoms with Crippen LogP contribution in [0.5, 0.6) is 0 Å². The van der Waals surface area contributed by atoms with Crippen LogP contribution in [0.15, 0.2) is 48.6 Å². The molecule has 40 heavy (non-hydrogen) atoms. The van der Waals surface area contributed by atoms with Crippen LogP contribution < -0.4 is 10.6 Å². The number of unbranched alkanes of at least 4 members (excludes halogenated alkanes) is 5. The number of urea groups is 1. The van der Waals surface area contributed by atoms with Gasteiger partial charge in [-0.25, -0.2) is 4.79 Å². The van der Waals surface area contributed by atoms with E-state index in [1.54, 1.807) is 0 Å². The first-order valence-electron chi connectivity index (χ1n) is 15.3. The summed E-state index contributed by atoms with van der Waals surface area (Å²) in [7, 11) is 0. The minimum atomic E-state index is -0.219. The summed E-state index contributed by atoms with van der Waals surface area (Å²) in [5.41, 5.74) is 0. The Bertz CT molecular complexity index is 870. The predicted molar refractivity (Wildman–Crippen MR) is 166 cm³/mol. The first-order chi connectivity index (χ1) is 19.6. The molecule has 3 atom stereocenters. The van der Waals surface area contributed by atoms with Crippen LogP contribution in [0.3, 0.4) is 0 Å². The maximum Gasteiger partial charge on any atom is 0.315 e. The minimum Gasteiger partial charge on any atom is -0.395 e. The van der Waals surface area contributed by atoms with Crippen molar-refractivity contribution in [2.45, 2.75) is 114 Å². The van der Waals surface area contributed by atoms with E-state index in [2.05, 4.69) is 66.2 Å². The smallest absolute Gasteiger partial charge is 0.315 e. The summed E-state index contributed by atoms with van der Waals surface area (Å²) >= 11 is 1.87. The highest BCUT2D eigenvalue weighted by atomic mass is 32.2. The molecule has 2 aliphatic rings. The van der Waals surface area contributed by atoms with Gasteiger partial charge in [-0.3, -0.25) is 14.5 Å². The number of rotatable bonds is 21. The average Bonchev–Trinajstić information content (AvgIpc) is 3.50. The molecule has 2 rings (SSSR count). The molecule has 8 heteroatoms. The molecule has 0 aromatic rings. The SMILES string of the molecule is CCCCCC=CCC=CCC=CCC=CCCCC(=O)N(CCO)C(=O)CCCC[C@@H]1SC[C@@H]2NC(=O)N[C@@H]21. The van der Waals surface area contributed by atoms with Crippen LogP contribution >= 0.6 is 11.8 Å². The van der Waals surface area contributed by atoms with Crippen molar-refractivity contribution in [1.29, 1.82) is 0 Å². The van der Waals surface area contributed by atoms with Gasteiger partial charge in [0.25, 0.3) is 0 Å². The molecule has 0 saturated carbocycles. The number of fused-ring (bicyclic) bond motifs is 1. The molecule has 4 amide bonds. The van der Waals surface area contributed by atoms with Gasteiger partial charge in [-0.05, 0) is 57.8 Å². The van der Waals surface area contributed by atoms with Gasteiger partial charge < -0.3 is 15.7 Å². The molecule has 7 nitrogen and oxygen atoms in total. The number of hydrogen-bond donors (Lipinski definition) is 3. The topological polar surface area (TPSA) is 98.7 Å². The highest BCUT2D eigenvalue weighted by Crippen LogP contribution is 2.33. The van der Waals surface area contributed by atoms with Gasteiger partial charge in [-0.1, -0.05) is 74.8 Å². The number of carbonyl (C=O) groups excluding carboxylic acids is 3. The summed E-state index contributed by atoms with van der Waals surface area (Å²) in [5.74, 6) is 0.515. The van der Waals surface area contributed by atoms with E-state index in [4.69, 9.17) is 0 Å². The van der Waals surface area contributed by atoms with E-state index in [1.165, 1.54) is 30.6 Å². The third kappa shape index (κ3) is 13.8. The van der Waals surface area contributed by atoms with Crippen molar-refractivity contribution >= 4 is 29.6 Å². The van der Waals surface area contributed by atoms with Crippen LogP contribution in [0, 0.1) is 0 Å². The van der Waals surface area contributed by atoms with E-state index in [1.807, 2.05) is 11.8 Å². The van der Waals surface area contributed by atoms with E-state index in [-0.39, 0.29) is 43.1 Å². The molecular weight excluding hydrogens is 522 g/mol. The fourth-order valence-electron chi connectivity index (χ4n) is 4.96. The molecule has 2 aliphatic heterocycles. The largest absolute Gasteiger partial charge is 0.395 e. The third-order valence-electron chi connectivity index (χ3n) is 7.21. The molecule has 0 radical (unpaired) electrons. The third-order valence-corrected chi connectivity index (χ3v) is 8.72. The zero-order chi connectivity index (χ0) is 28.8. The van der Waals surface area contributed by atoms with Crippen molar-refractivity contribution in [2.24, 2.45) is 0 Å². The maximum absolute atomic E-state index is 12.7. The Labute approximate surface area is 246 Å². The second-order valence-corrected chi connectivity index (χ2v) is 11.8. The van der Waals surface area contributed by atoms with Crippen LogP contribution in [-0.2, 0) is 9.59 Å². The zero-order valence-electron chi connectivity index (χ0n) is 24.4. The van der Waals surface area contributed by atoms with Crippen molar-refractivity contribution in [2.75, 3.05) is 18.9 Å². The number of thioether (sulfide) groups is 1. The molecule has 0 unspecified atom stereocenters. The Balaban J connectivity index is 1.52. The van der Waals surface area contributed by atoms with Gasteiger partial charge in [0.1, 0.15) is 0 Å². The van der Waals surface area contributed by atoms with Crippen molar-refractivity contribution in [1.82, 2.24) is 15.5 Å². The van der Waals surface area contributed by atoms with Crippen LogP contribution in [0.4, 0.5) is 4.79 Å². The summed E-state index contributed by atoms with van der Waals surface area (Å²) in [4.78, 5) is 38.0. The first-order valence-corrected chi connectivity index (χ1v) is 16.3. The van der Waals surface area contributed by atoms with Crippen LogP contribution in [0.2, 0.25) is 0 Å². The van der Waals surface area contributed by atoms with Crippen LogP contribution in [0.1, 0.15) is 96.8 Å². The lowest BCUT2D eigenvalue weighted by molar-refractivity contribution is -0.145.